The number of nitrogens with zero attached hydrogens (tertiary/aromatic N) is 2. The Labute approximate surface area is 145 Å². The van der Waals surface area contributed by atoms with Crippen molar-refractivity contribution in [3.05, 3.63) is 64.7 Å². The first kappa shape index (κ1) is 15.2. The largest absolute Gasteiger partial charge is 0.337 e. The van der Waals surface area contributed by atoms with Crippen molar-refractivity contribution in [1.29, 1.82) is 0 Å². The number of hydrogen-bond donors (Lipinski definition) is 0. The van der Waals surface area contributed by atoms with Gasteiger partial charge in [0.2, 0.25) is 5.91 Å². The average Bonchev–Trinajstić information content (AvgIpc) is 3.14. The Hall–Kier alpha value is -2.33. The van der Waals surface area contributed by atoms with E-state index in [1.54, 1.807) is 41.1 Å². The molecule has 2 aliphatic rings. The van der Waals surface area contributed by atoms with Crippen molar-refractivity contribution in [2.24, 2.45) is 0 Å². The van der Waals surface area contributed by atoms with Crippen LogP contribution in [0.1, 0.15) is 22.3 Å². The molecule has 24 heavy (non-hydrogen) atoms. The summed E-state index contributed by atoms with van der Waals surface area (Å²) >= 11 is 5.89. The van der Waals surface area contributed by atoms with Crippen LogP contribution in [0.5, 0.6) is 0 Å². The Morgan fingerprint density at radius 2 is 1.83 bits per heavy atom. The van der Waals surface area contributed by atoms with Crippen molar-refractivity contribution in [2.75, 3.05) is 25.0 Å². The number of amides is 2. The van der Waals surface area contributed by atoms with Gasteiger partial charge >= 0.3 is 0 Å². The SMILES string of the molecule is CN1C(=O)[C@]2(CCN(C(=O)c3ccc(Cl)cc3)C2)c2ccccc21. The van der Waals surface area contributed by atoms with Gasteiger partial charge in [0.15, 0.2) is 0 Å². The summed E-state index contributed by atoms with van der Waals surface area (Å²) in [6, 6.07) is 14.7. The standard InChI is InChI=1S/C19H17ClN2O2/c1-21-16-5-3-2-4-15(16)19(18(21)24)10-11-22(12-19)17(23)13-6-8-14(20)9-7-13/h2-9H,10-12H2,1H3/t19-/m0/s1. The normalized spacial score (nSPS) is 22.3. The van der Waals surface area contributed by atoms with Gasteiger partial charge in [0, 0.05) is 36.4 Å². The molecule has 1 atom stereocenters. The molecule has 0 unspecified atom stereocenters. The van der Waals surface area contributed by atoms with Crippen molar-refractivity contribution >= 4 is 29.1 Å². The third kappa shape index (κ3) is 2.06. The fourth-order valence-electron chi connectivity index (χ4n) is 3.87. The summed E-state index contributed by atoms with van der Waals surface area (Å²) in [6.45, 7) is 1.00. The molecule has 2 aliphatic heterocycles. The van der Waals surface area contributed by atoms with Crippen LogP contribution in [-0.4, -0.2) is 36.9 Å². The minimum atomic E-state index is -0.604. The predicted octanol–water partition coefficient (Wildman–Crippen LogP) is 3.10. The van der Waals surface area contributed by atoms with Crippen LogP contribution in [-0.2, 0) is 10.2 Å². The summed E-state index contributed by atoms with van der Waals surface area (Å²) in [5.41, 5.74) is 1.98. The average molecular weight is 341 g/mol. The molecule has 2 aromatic carbocycles. The van der Waals surface area contributed by atoms with Gasteiger partial charge in [0.1, 0.15) is 0 Å². The van der Waals surface area contributed by atoms with Crippen molar-refractivity contribution in [2.45, 2.75) is 11.8 Å². The fraction of sp³-hybridized carbons (Fsp3) is 0.263. The lowest BCUT2D eigenvalue weighted by atomic mass is 9.81. The highest BCUT2D eigenvalue weighted by Gasteiger charge is 2.54. The first-order chi connectivity index (χ1) is 11.5. The molecule has 0 bridgehead atoms. The van der Waals surface area contributed by atoms with Gasteiger partial charge in [0.25, 0.3) is 5.91 Å². The number of para-hydroxylation sites is 1. The molecule has 2 amide bonds. The highest BCUT2D eigenvalue weighted by molar-refractivity contribution is 6.30. The molecular formula is C19H17ClN2O2. The highest BCUT2D eigenvalue weighted by Crippen LogP contribution is 2.46. The molecule has 2 aromatic rings. The Balaban J connectivity index is 1.66. The van der Waals surface area contributed by atoms with Gasteiger partial charge in [-0.15, -0.1) is 0 Å². The summed E-state index contributed by atoms with van der Waals surface area (Å²) in [5, 5.41) is 0.603. The Bertz CT molecular complexity index is 834. The number of likely N-dealkylation sites (tertiary alicyclic amines) is 1. The van der Waals surface area contributed by atoms with Gasteiger partial charge in [-0.05, 0) is 42.3 Å². The maximum absolute atomic E-state index is 12.9. The second-order valence-corrected chi connectivity index (χ2v) is 6.88. The summed E-state index contributed by atoms with van der Waals surface area (Å²) in [7, 11) is 1.81. The lowest BCUT2D eigenvalue weighted by molar-refractivity contribution is -0.122. The van der Waals surface area contributed by atoms with Gasteiger partial charge in [-0.25, -0.2) is 0 Å². The maximum atomic E-state index is 12.9. The molecule has 4 nitrogen and oxygen atoms in total. The number of hydrogen-bond acceptors (Lipinski definition) is 2. The third-order valence-electron chi connectivity index (χ3n) is 5.14. The van der Waals surface area contributed by atoms with Gasteiger partial charge in [-0.2, -0.15) is 0 Å². The summed E-state index contributed by atoms with van der Waals surface area (Å²) in [6.07, 6.45) is 0.659. The zero-order chi connectivity index (χ0) is 16.9. The number of fused-ring (bicyclic) bond motifs is 2. The topological polar surface area (TPSA) is 40.6 Å². The molecule has 122 valence electrons. The van der Waals surface area contributed by atoms with E-state index in [0.29, 0.717) is 30.1 Å². The molecule has 1 fully saturated rings. The van der Waals surface area contributed by atoms with Crippen LogP contribution in [0.15, 0.2) is 48.5 Å². The van der Waals surface area contributed by atoms with Crippen LogP contribution in [0.4, 0.5) is 5.69 Å². The zero-order valence-corrected chi connectivity index (χ0v) is 14.1. The molecule has 2 heterocycles. The number of carbonyl (C=O) groups excluding carboxylic acids is 2. The minimum absolute atomic E-state index is 0.0524. The second-order valence-electron chi connectivity index (χ2n) is 6.45. The Kier molecular flexibility index (Phi) is 3.39. The summed E-state index contributed by atoms with van der Waals surface area (Å²) in [4.78, 5) is 29.2. The van der Waals surface area contributed by atoms with Gasteiger partial charge in [-0.1, -0.05) is 29.8 Å². The van der Waals surface area contributed by atoms with E-state index in [1.807, 2.05) is 24.3 Å². The van der Waals surface area contributed by atoms with Crippen LogP contribution in [0, 0.1) is 0 Å². The molecule has 1 spiro atoms. The molecule has 0 aliphatic carbocycles. The van der Waals surface area contributed by atoms with E-state index in [2.05, 4.69) is 0 Å². The fourth-order valence-corrected chi connectivity index (χ4v) is 3.99. The first-order valence-electron chi connectivity index (χ1n) is 7.95. The van der Waals surface area contributed by atoms with E-state index in [1.165, 1.54) is 0 Å². The minimum Gasteiger partial charge on any atom is -0.337 e. The van der Waals surface area contributed by atoms with Gasteiger partial charge < -0.3 is 9.80 Å². The summed E-state index contributed by atoms with van der Waals surface area (Å²) < 4.78 is 0. The zero-order valence-electron chi connectivity index (χ0n) is 13.3. The molecule has 4 rings (SSSR count). The van der Waals surface area contributed by atoms with Crippen LogP contribution in [0.2, 0.25) is 5.02 Å². The van der Waals surface area contributed by atoms with Gasteiger partial charge in [0.05, 0.1) is 5.41 Å². The van der Waals surface area contributed by atoms with E-state index in [9.17, 15) is 9.59 Å². The van der Waals surface area contributed by atoms with E-state index in [-0.39, 0.29) is 11.8 Å². The van der Waals surface area contributed by atoms with E-state index in [4.69, 9.17) is 11.6 Å². The molecular weight excluding hydrogens is 324 g/mol. The Morgan fingerprint density at radius 1 is 1.12 bits per heavy atom. The highest BCUT2D eigenvalue weighted by atomic mass is 35.5. The first-order valence-corrected chi connectivity index (χ1v) is 8.33. The number of carbonyl (C=O) groups is 2. The van der Waals surface area contributed by atoms with Crippen LogP contribution in [0.25, 0.3) is 0 Å². The number of anilines is 1. The quantitative estimate of drug-likeness (QED) is 0.800. The Morgan fingerprint density at radius 3 is 2.58 bits per heavy atom. The lowest BCUT2D eigenvalue weighted by Crippen LogP contribution is -2.42. The maximum Gasteiger partial charge on any atom is 0.253 e. The smallest absolute Gasteiger partial charge is 0.253 e. The lowest BCUT2D eigenvalue weighted by Gasteiger charge is -2.23. The molecule has 0 radical (unpaired) electrons. The third-order valence-corrected chi connectivity index (χ3v) is 5.39. The second kappa shape index (κ2) is 5.35. The van der Waals surface area contributed by atoms with Crippen LogP contribution >= 0.6 is 11.6 Å². The van der Waals surface area contributed by atoms with Crippen molar-refractivity contribution in [3.8, 4) is 0 Å². The van der Waals surface area contributed by atoms with Crippen LogP contribution < -0.4 is 4.90 Å². The van der Waals surface area contributed by atoms with Crippen molar-refractivity contribution in [1.82, 2.24) is 4.90 Å². The number of halogens is 1. The predicted molar refractivity (Wildman–Crippen MR) is 93.5 cm³/mol. The molecule has 5 heteroatoms. The number of benzene rings is 2. The molecule has 1 saturated heterocycles. The molecule has 0 N–H and O–H groups in total. The van der Waals surface area contributed by atoms with E-state index < -0.39 is 5.41 Å². The van der Waals surface area contributed by atoms with E-state index >= 15 is 0 Å². The van der Waals surface area contributed by atoms with Gasteiger partial charge in [-0.3, -0.25) is 9.59 Å². The summed E-state index contributed by atoms with van der Waals surface area (Å²) in [5.74, 6) is 0.0264. The van der Waals surface area contributed by atoms with Crippen molar-refractivity contribution < 1.29 is 9.59 Å². The molecule has 0 saturated carbocycles. The number of rotatable bonds is 1. The monoisotopic (exact) mass is 340 g/mol. The molecule has 0 aromatic heterocycles. The van der Waals surface area contributed by atoms with Crippen LogP contribution in [0.3, 0.4) is 0 Å². The van der Waals surface area contributed by atoms with Crippen molar-refractivity contribution in [3.63, 3.8) is 0 Å². The number of likely N-dealkylation sites (N-methyl/N-ethyl adjacent to an activating group) is 1. The van der Waals surface area contributed by atoms with E-state index in [0.717, 1.165) is 11.3 Å².